The summed E-state index contributed by atoms with van der Waals surface area (Å²) in [6.45, 7) is 6.67. The molecular formula is C11H19N5. The molecule has 2 N–H and O–H groups in total. The van der Waals surface area contributed by atoms with Gasteiger partial charge in [-0.3, -0.25) is 4.99 Å². The van der Waals surface area contributed by atoms with Gasteiger partial charge in [-0.05, 0) is 26.8 Å². The first-order valence-corrected chi connectivity index (χ1v) is 5.37. The van der Waals surface area contributed by atoms with E-state index < -0.39 is 0 Å². The number of hydrogen-bond acceptors (Lipinski definition) is 3. The molecule has 0 radical (unpaired) electrons. The van der Waals surface area contributed by atoms with Crippen molar-refractivity contribution in [3.63, 3.8) is 0 Å². The van der Waals surface area contributed by atoms with Gasteiger partial charge < -0.3 is 10.6 Å². The zero-order valence-electron chi connectivity index (χ0n) is 10.3. The van der Waals surface area contributed by atoms with Gasteiger partial charge >= 0.3 is 0 Å². The summed E-state index contributed by atoms with van der Waals surface area (Å²) in [6.07, 6.45) is 1.76. The first kappa shape index (κ1) is 12.4. The maximum absolute atomic E-state index is 4.30. The average Bonchev–Trinajstić information content (AvgIpc) is 2.24. The van der Waals surface area contributed by atoms with Crippen LogP contribution in [0.5, 0.6) is 0 Å². The van der Waals surface area contributed by atoms with E-state index in [2.05, 4.69) is 39.4 Å². The lowest BCUT2D eigenvalue weighted by Gasteiger charge is -2.14. The first-order valence-electron chi connectivity index (χ1n) is 5.37. The van der Waals surface area contributed by atoms with Crippen molar-refractivity contribution in [3.8, 4) is 0 Å². The highest BCUT2D eigenvalue weighted by molar-refractivity contribution is 5.79. The van der Waals surface area contributed by atoms with Gasteiger partial charge in [0.25, 0.3) is 0 Å². The molecule has 0 aliphatic heterocycles. The van der Waals surface area contributed by atoms with Crippen molar-refractivity contribution in [2.45, 2.75) is 33.4 Å². The number of aliphatic imine (C=N–C) groups is 1. The molecule has 5 nitrogen and oxygen atoms in total. The molecule has 16 heavy (non-hydrogen) atoms. The predicted octanol–water partition coefficient (Wildman–Crippen LogP) is 0.858. The van der Waals surface area contributed by atoms with Crippen molar-refractivity contribution >= 4 is 5.96 Å². The molecule has 0 bridgehead atoms. The quantitative estimate of drug-likeness (QED) is 0.587. The van der Waals surface area contributed by atoms with Gasteiger partial charge in [-0.2, -0.15) is 0 Å². The molecule has 0 unspecified atom stereocenters. The van der Waals surface area contributed by atoms with E-state index in [0.29, 0.717) is 12.6 Å². The Balaban J connectivity index is 2.50. The molecule has 0 atom stereocenters. The van der Waals surface area contributed by atoms with E-state index in [1.807, 2.05) is 13.0 Å². The van der Waals surface area contributed by atoms with E-state index in [-0.39, 0.29) is 0 Å². The van der Waals surface area contributed by atoms with Crippen LogP contribution in [0.25, 0.3) is 0 Å². The summed E-state index contributed by atoms with van der Waals surface area (Å²) in [5, 5.41) is 6.40. The van der Waals surface area contributed by atoms with Crippen LogP contribution in [0.3, 0.4) is 0 Å². The molecule has 1 rings (SSSR count). The monoisotopic (exact) mass is 221 g/mol. The lowest BCUT2D eigenvalue weighted by atomic mass is 10.4. The topological polar surface area (TPSA) is 62.2 Å². The summed E-state index contributed by atoms with van der Waals surface area (Å²) >= 11 is 0. The summed E-state index contributed by atoms with van der Waals surface area (Å²) in [7, 11) is 1.75. The summed E-state index contributed by atoms with van der Waals surface area (Å²) < 4.78 is 0. The molecule has 0 aromatic carbocycles. The van der Waals surface area contributed by atoms with E-state index in [4.69, 9.17) is 0 Å². The van der Waals surface area contributed by atoms with Crippen LogP contribution in [0, 0.1) is 6.92 Å². The van der Waals surface area contributed by atoms with E-state index in [1.54, 1.807) is 13.2 Å². The zero-order valence-corrected chi connectivity index (χ0v) is 10.3. The van der Waals surface area contributed by atoms with Crippen molar-refractivity contribution < 1.29 is 0 Å². The van der Waals surface area contributed by atoms with Gasteiger partial charge in [0.2, 0.25) is 0 Å². The van der Waals surface area contributed by atoms with E-state index >= 15 is 0 Å². The third kappa shape index (κ3) is 4.25. The van der Waals surface area contributed by atoms with Gasteiger partial charge in [0.05, 0.1) is 12.2 Å². The maximum Gasteiger partial charge on any atom is 0.191 e. The Bertz CT molecular complexity index is 359. The van der Waals surface area contributed by atoms with Gasteiger partial charge in [-0.1, -0.05) is 0 Å². The van der Waals surface area contributed by atoms with Crippen molar-refractivity contribution in [2.75, 3.05) is 7.05 Å². The van der Waals surface area contributed by atoms with Crippen LogP contribution in [-0.4, -0.2) is 29.0 Å². The number of aromatic nitrogens is 2. The van der Waals surface area contributed by atoms with Crippen molar-refractivity contribution in [3.05, 3.63) is 23.8 Å². The molecule has 0 amide bonds. The summed E-state index contributed by atoms with van der Waals surface area (Å²) in [5.41, 5.74) is 0.958. The van der Waals surface area contributed by atoms with Crippen LogP contribution < -0.4 is 10.6 Å². The number of aryl methyl sites for hydroxylation is 1. The van der Waals surface area contributed by atoms with Crippen LogP contribution >= 0.6 is 0 Å². The number of rotatable bonds is 3. The van der Waals surface area contributed by atoms with Crippen LogP contribution in [0.1, 0.15) is 25.4 Å². The van der Waals surface area contributed by atoms with E-state index in [9.17, 15) is 0 Å². The fourth-order valence-electron chi connectivity index (χ4n) is 1.25. The second-order valence-corrected chi connectivity index (χ2v) is 3.82. The lowest BCUT2D eigenvalue weighted by molar-refractivity contribution is 0.695. The predicted molar refractivity (Wildman–Crippen MR) is 65.2 cm³/mol. The molecule has 0 fully saturated rings. The van der Waals surface area contributed by atoms with Gasteiger partial charge in [-0.25, -0.2) is 9.97 Å². The van der Waals surface area contributed by atoms with E-state index in [1.165, 1.54) is 0 Å². The third-order valence-corrected chi connectivity index (χ3v) is 1.92. The highest BCUT2D eigenvalue weighted by atomic mass is 15.2. The number of nitrogens with zero attached hydrogens (tertiary/aromatic N) is 3. The molecule has 0 aliphatic rings. The lowest BCUT2D eigenvalue weighted by Crippen LogP contribution is -2.40. The second-order valence-electron chi connectivity index (χ2n) is 3.82. The molecule has 0 saturated carbocycles. The molecule has 1 aromatic heterocycles. The van der Waals surface area contributed by atoms with Crippen molar-refractivity contribution in [1.82, 2.24) is 20.6 Å². The van der Waals surface area contributed by atoms with Crippen LogP contribution in [0.2, 0.25) is 0 Å². The fourth-order valence-corrected chi connectivity index (χ4v) is 1.25. The number of hydrogen-bond donors (Lipinski definition) is 2. The minimum absolute atomic E-state index is 0.360. The highest BCUT2D eigenvalue weighted by Crippen LogP contribution is 1.93. The average molecular weight is 221 g/mol. The molecule has 88 valence electrons. The van der Waals surface area contributed by atoms with Gasteiger partial charge in [0.1, 0.15) is 5.82 Å². The minimum atomic E-state index is 0.360. The van der Waals surface area contributed by atoms with Crippen molar-refractivity contribution in [1.29, 1.82) is 0 Å². The summed E-state index contributed by atoms with van der Waals surface area (Å²) in [5.74, 6) is 1.57. The zero-order chi connectivity index (χ0) is 12.0. The molecule has 1 heterocycles. The summed E-state index contributed by atoms with van der Waals surface area (Å²) in [4.78, 5) is 12.5. The van der Waals surface area contributed by atoms with Gasteiger partial charge in [0.15, 0.2) is 5.96 Å². The van der Waals surface area contributed by atoms with Crippen LogP contribution in [-0.2, 0) is 6.54 Å². The standard InChI is InChI=1S/C11H19N5/c1-8(2)15-11(12-4)14-7-10-5-6-13-9(3)16-10/h5-6,8H,7H2,1-4H3,(H2,12,14,15). The molecule has 0 aliphatic carbocycles. The number of nitrogens with one attached hydrogen (secondary N) is 2. The highest BCUT2D eigenvalue weighted by Gasteiger charge is 2.00. The fraction of sp³-hybridized carbons (Fsp3) is 0.545. The Hall–Kier alpha value is -1.65. The SMILES string of the molecule is CN=C(NCc1ccnc(C)n1)NC(C)C. The van der Waals surface area contributed by atoms with Gasteiger partial charge in [0, 0.05) is 19.3 Å². The largest absolute Gasteiger partial charge is 0.354 e. The normalized spacial score (nSPS) is 11.7. The molecule has 5 heteroatoms. The minimum Gasteiger partial charge on any atom is -0.354 e. The molecule has 0 saturated heterocycles. The van der Waals surface area contributed by atoms with Crippen LogP contribution in [0.4, 0.5) is 0 Å². The Morgan fingerprint density at radius 3 is 2.81 bits per heavy atom. The Morgan fingerprint density at radius 2 is 2.25 bits per heavy atom. The maximum atomic E-state index is 4.30. The smallest absolute Gasteiger partial charge is 0.191 e. The summed E-state index contributed by atoms with van der Waals surface area (Å²) in [6, 6.07) is 2.25. The van der Waals surface area contributed by atoms with Crippen LogP contribution in [0.15, 0.2) is 17.3 Å². The molecule has 0 spiro atoms. The third-order valence-electron chi connectivity index (χ3n) is 1.92. The Morgan fingerprint density at radius 1 is 1.50 bits per heavy atom. The van der Waals surface area contributed by atoms with E-state index in [0.717, 1.165) is 17.5 Å². The first-order chi connectivity index (χ1) is 7.61. The molecular weight excluding hydrogens is 202 g/mol. The van der Waals surface area contributed by atoms with Crippen molar-refractivity contribution in [2.24, 2.45) is 4.99 Å². The molecule has 1 aromatic rings. The van der Waals surface area contributed by atoms with Gasteiger partial charge in [-0.15, -0.1) is 0 Å². The Labute approximate surface area is 96.4 Å². The Kier molecular flexibility index (Phi) is 4.69. The second kappa shape index (κ2) is 6.05. The number of guanidine groups is 1.